The van der Waals surface area contributed by atoms with Crippen molar-refractivity contribution >= 4 is 35.5 Å². The van der Waals surface area contributed by atoms with E-state index in [-0.39, 0.29) is 21.7 Å². The zero-order valence-corrected chi connectivity index (χ0v) is 34.4. The highest BCUT2D eigenvalue weighted by Gasteiger charge is 2.42. The van der Waals surface area contributed by atoms with Crippen molar-refractivity contribution in [1.29, 1.82) is 0 Å². The fourth-order valence-corrected chi connectivity index (χ4v) is 10.7. The average Bonchev–Trinajstić information content (AvgIpc) is 3.13. The maximum Gasteiger partial charge on any atom is 0.117 e. The molecule has 5 aromatic rings. The molecular weight excluding hydrogens is 649 g/mol. The monoisotopic (exact) mass is 705 g/mol. The predicted molar refractivity (Wildman–Crippen MR) is 234 cm³/mol. The Hall–Kier alpha value is -4.30. The Balaban J connectivity index is 1.45. The largest absolute Gasteiger partial charge is 0.314 e. The number of nitrogens with zero attached hydrogens (tertiary/aromatic N) is 1. The van der Waals surface area contributed by atoms with Crippen LogP contribution in [0.15, 0.2) is 102 Å². The third-order valence-electron chi connectivity index (χ3n) is 14.4. The summed E-state index contributed by atoms with van der Waals surface area (Å²) in [6.45, 7) is 24.2. The first-order valence-corrected chi connectivity index (χ1v) is 20.4. The molecule has 0 saturated carbocycles. The smallest absolute Gasteiger partial charge is 0.117 e. The number of fused-ring (bicyclic) bond motifs is 9. The molecule has 0 N–H and O–H groups in total. The molecule has 3 aliphatic carbocycles. The van der Waals surface area contributed by atoms with Crippen LogP contribution in [0.1, 0.15) is 116 Å². The molecule has 5 aromatic carbocycles. The summed E-state index contributed by atoms with van der Waals surface area (Å²) in [6.07, 6.45) is 9.43. The summed E-state index contributed by atoms with van der Waals surface area (Å²) in [4.78, 5) is 2.62. The summed E-state index contributed by atoms with van der Waals surface area (Å²) in [5, 5.41) is 2.43. The van der Waals surface area contributed by atoms with Crippen molar-refractivity contribution in [3.05, 3.63) is 124 Å². The third-order valence-corrected chi connectivity index (χ3v) is 14.4. The summed E-state index contributed by atoms with van der Waals surface area (Å²) < 4.78 is 0. The minimum Gasteiger partial charge on any atom is -0.314 e. The van der Waals surface area contributed by atoms with Crippen LogP contribution in [-0.4, -0.2) is 7.85 Å². The van der Waals surface area contributed by atoms with Crippen molar-refractivity contribution in [2.75, 3.05) is 4.90 Å². The van der Waals surface area contributed by atoms with E-state index in [1.54, 1.807) is 5.57 Å². The molecule has 0 aromatic heterocycles. The van der Waals surface area contributed by atoms with E-state index >= 15 is 0 Å². The van der Waals surface area contributed by atoms with E-state index < -0.39 is 0 Å². The second-order valence-corrected chi connectivity index (χ2v) is 19.7. The SMILES string of the molecule is [B]c1c2cc3ccccc3c1N(C1=CC3=C(CC1)C(C)(C)CCC3(C)C)c1cc(-c3ccccc3C)c(C)cc1-c1cc3c(cc1-2)C(C)(C)CCC3(C)C. The summed E-state index contributed by atoms with van der Waals surface area (Å²) in [5.74, 6) is 0. The lowest BCUT2D eigenvalue weighted by atomic mass is 9.60. The first-order valence-electron chi connectivity index (χ1n) is 20.4. The topological polar surface area (TPSA) is 3.24 Å². The van der Waals surface area contributed by atoms with Crippen molar-refractivity contribution < 1.29 is 0 Å². The summed E-state index contributed by atoms with van der Waals surface area (Å²) in [6, 6.07) is 30.3. The molecule has 0 spiro atoms. The van der Waals surface area contributed by atoms with E-state index in [9.17, 15) is 0 Å². The lowest BCUT2D eigenvalue weighted by Gasteiger charge is -2.46. The van der Waals surface area contributed by atoms with E-state index in [4.69, 9.17) is 7.85 Å². The Morgan fingerprint density at radius 1 is 0.537 bits per heavy atom. The molecule has 2 bridgehead atoms. The summed E-state index contributed by atoms with van der Waals surface area (Å²) in [5.41, 5.74) is 21.3. The van der Waals surface area contributed by atoms with Crippen molar-refractivity contribution in [3.63, 3.8) is 0 Å². The molecule has 0 amide bonds. The zero-order valence-electron chi connectivity index (χ0n) is 34.4. The summed E-state index contributed by atoms with van der Waals surface area (Å²) >= 11 is 0. The fraction of sp³-hybridized carbons (Fsp3) is 0.385. The Kier molecular flexibility index (Phi) is 7.77. The van der Waals surface area contributed by atoms with Crippen LogP contribution in [0.5, 0.6) is 0 Å². The number of allylic oxidation sites excluding steroid dienone is 4. The van der Waals surface area contributed by atoms with Crippen molar-refractivity contribution in [2.45, 2.75) is 119 Å². The van der Waals surface area contributed by atoms with Crippen LogP contribution in [0.3, 0.4) is 0 Å². The van der Waals surface area contributed by atoms with Crippen LogP contribution < -0.4 is 10.4 Å². The lowest BCUT2D eigenvalue weighted by molar-refractivity contribution is 0.257. The minimum absolute atomic E-state index is 0.0759. The molecule has 4 aliphatic rings. The van der Waals surface area contributed by atoms with E-state index in [2.05, 4.69) is 159 Å². The lowest BCUT2D eigenvalue weighted by Crippen LogP contribution is -2.35. The van der Waals surface area contributed by atoms with Gasteiger partial charge in [-0.05, 0) is 171 Å². The van der Waals surface area contributed by atoms with Gasteiger partial charge in [0.1, 0.15) is 7.85 Å². The van der Waals surface area contributed by atoms with Gasteiger partial charge >= 0.3 is 0 Å². The second-order valence-electron chi connectivity index (χ2n) is 19.7. The molecule has 0 fully saturated rings. The molecule has 9 rings (SSSR count). The Labute approximate surface area is 326 Å². The van der Waals surface area contributed by atoms with Crippen molar-refractivity contribution in [2.24, 2.45) is 10.8 Å². The van der Waals surface area contributed by atoms with Gasteiger partial charge in [0, 0.05) is 22.3 Å². The normalized spacial score (nSPS) is 20.3. The van der Waals surface area contributed by atoms with E-state index in [0.717, 1.165) is 29.6 Å². The van der Waals surface area contributed by atoms with Crippen molar-refractivity contribution in [3.8, 4) is 33.4 Å². The molecule has 1 aliphatic heterocycles. The van der Waals surface area contributed by atoms with Crippen LogP contribution >= 0.6 is 0 Å². The number of rotatable bonds is 2. The molecule has 54 heavy (non-hydrogen) atoms. The Morgan fingerprint density at radius 3 is 1.85 bits per heavy atom. The van der Waals surface area contributed by atoms with E-state index in [0.29, 0.717) is 0 Å². The van der Waals surface area contributed by atoms with Gasteiger partial charge in [-0.3, -0.25) is 0 Å². The van der Waals surface area contributed by atoms with Crippen LogP contribution in [0.2, 0.25) is 0 Å². The van der Waals surface area contributed by atoms with Gasteiger partial charge in [0.2, 0.25) is 0 Å². The summed E-state index contributed by atoms with van der Waals surface area (Å²) in [7, 11) is 7.70. The Morgan fingerprint density at radius 2 is 1.15 bits per heavy atom. The van der Waals surface area contributed by atoms with Gasteiger partial charge in [0.05, 0.1) is 5.69 Å². The van der Waals surface area contributed by atoms with Crippen molar-refractivity contribution in [1.82, 2.24) is 0 Å². The quantitative estimate of drug-likeness (QED) is 0.165. The Bertz CT molecular complexity index is 2480. The van der Waals surface area contributed by atoms with Gasteiger partial charge in [-0.2, -0.15) is 0 Å². The number of hydrogen-bond donors (Lipinski definition) is 0. The fourth-order valence-electron chi connectivity index (χ4n) is 10.7. The maximum atomic E-state index is 7.70. The molecule has 1 nitrogen and oxygen atoms in total. The number of anilines is 2. The van der Waals surface area contributed by atoms with Gasteiger partial charge < -0.3 is 4.90 Å². The number of hydrogen-bond acceptors (Lipinski definition) is 1. The molecule has 2 radical (unpaired) electrons. The first-order chi connectivity index (χ1) is 25.5. The number of aryl methyl sites for hydroxylation is 2. The van der Waals surface area contributed by atoms with Gasteiger partial charge in [-0.15, -0.1) is 0 Å². The minimum atomic E-state index is 0.0759. The molecular formula is C52H56BN. The highest BCUT2D eigenvalue weighted by molar-refractivity contribution is 6.43. The molecule has 0 unspecified atom stereocenters. The average molecular weight is 706 g/mol. The van der Waals surface area contributed by atoms with Crippen LogP contribution in [0, 0.1) is 24.7 Å². The maximum absolute atomic E-state index is 7.70. The molecule has 1 heterocycles. The van der Waals surface area contributed by atoms with Crippen LogP contribution in [0.25, 0.3) is 44.2 Å². The first kappa shape index (κ1) is 35.4. The molecule has 2 heteroatoms. The zero-order chi connectivity index (χ0) is 38.1. The molecule has 0 saturated heterocycles. The number of benzene rings is 5. The van der Waals surface area contributed by atoms with Gasteiger partial charge in [0.25, 0.3) is 0 Å². The third kappa shape index (κ3) is 5.26. The van der Waals surface area contributed by atoms with E-state index in [1.165, 1.54) is 103 Å². The van der Waals surface area contributed by atoms with Crippen LogP contribution in [-0.2, 0) is 10.8 Å². The van der Waals surface area contributed by atoms with Gasteiger partial charge in [0.15, 0.2) is 0 Å². The van der Waals surface area contributed by atoms with Crippen LogP contribution in [0.4, 0.5) is 11.4 Å². The van der Waals surface area contributed by atoms with Gasteiger partial charge in [-0.1, -0.05) is 115 Å². The second kappa shape index (κ2) is 11.9. The predicted octanol–water partition coefficient (Wildman–Crippen LogP) is 13.9. The van der Waals surface area contributed by atoms with E-state index in [1.807, 2.05) is 0 Å². The van der Waals surface area contributed by atoms with Gasteiger partial charge in [-0.25, -0.2) is 0 Å². The standard InChI is InChI=1S/C52H56BN/c1-31-15-11-13-17-35(31)37-30-46-40(25-32(37)2)38-28-44-45(52(9,10)24-23-51(44,7)8)29-39(38)41-26-33-16-12-14-18-36(33)48(47(41)53)54(46)34-19-20-42-43(27-34)50(5,6)22-21-49(42,3)4/h11-18,25-30H,19-24H2,1-10H3. The molecule has 0 atom stereocenters. The molecule has 272 valence electrons. The highest BCUT2D eigenvalue weighted by Crippen LogP contribution is 2.57. The highest BCUT2D eigenvalue weighted by atomic mass is 15.2.